The molecule has 0 spiro atoms. The van der Waals surface area contributed by atoms with E-state index in [0.29, 0.717) is 22.3 Å². The number of aromatic carboxylic acids is 1. The zero-order valence-corrected chi connectivity index (χ0v) is 13.7. The predicted molar refractivity (Wildman–Crippen MR) is 86.1 cm³/mol. The van der Waals surface area contributed by atoms with Crippen molar-refractivity contribution in [1.82, 2.24) is 0 Å². The standard InChI is InChI=1S/C18H24O5/c1-11-10-14(17(20)21)16(13-6-4-3-5-7-13)12(2)15(11)18(22)23-9-8-19/h10,13,19H,3-9H2,1-2H3,(H,20,21). The van der Waals surface area contributed by atoms with Gasteiger partial charge in [-0.3, -0.25) is 0 Å². The molecule has 2 N–H and O–H groups in total. The van der Waals surface area contributed by atoms with E-state index in [9.17, 15) is 14.7 Å². The van der Waals surface area contributed by atoms with Crippen molar-refractivity contribution >= 4 is 11.9 Å². The summed E-state index contributed by atoms with van der Waals surface area (Å²) in [5.41, 5.74) is 2.81. The Kier molecular flexibility index (Phi) is 5.77. The fraction of sp³-hybridized carbons (Fsp3) is 0.556. The van der Waals surface area contributed by atoms with Gasteiger partial charge in [0.25, 0.3) is 0 Å². The molecule has 0 atom stereocenters. The van der Waals surface area contributed by atoms with Crippen molar-refractivity contribution in [3.05, 3.63) is 33.9 Å². The molecule has 1 aromatic rings. The fourth-order valence-corrected chi connectivity index (χ4v) is 3.62. The van der Waals surface area contributed by atoms with E-state index < -0.39 is 11.9 Å². The molecule has 1 aliphatic rings. The molecule has 23 heavy (non-hydrogen) atoms. The van der Waals surface area contributed by atoms with Crippen molar-refractivity contribution in [2.75, 3.05) is 13.2 Å². The summed E-state index contributed by atoms with van der Waals surface area (Å²) < 4.78 is 5.05. The number of hydrogen-bond acceptors (Lipinski definition) is 4. The maximum Gasteiger partial charge on any atom is 0.338 e. The first-order chi connectivity index (χ1) is 11.0. The van der Waals surface area contributed by atoms with Crippen LogP contribution in [0.3, 0.4) is 0 Å². The topological polar surface area (TPSA) is 83.8 Å². The first kappa shape index (κ1) is 17.5. The fourth-order valence-electron chi connectivity index (χ4n) is 3.62. The van der Waals surface area contributed by atoms with Crippen LogP contribution >= 0.6 is 0 Å². The van der Waals surface area contributed by atoms with Crippen molar-refractivity contribution in [2.24, 2.45) is 0 Å². The summed E-state index contributed by atoms with van der Waals surface area (Å²) in [6.45, 7) is 3.24. The molecule has 1 aromatic carbocycles. The summed E-state index contributed by atoms with van der Waals surface area (Å²) in [6.07, 6.45) is 5.25. The molecular weight excluding hydrogens is 296 g/mol. The lowest BCUT2D eigenvalue weighted by Crippen LogP contribution is -2.18. The molecule has 0 unspecified atom stereocenters. The molecule has 5 nitrogen and oxygen atoms in total. The Bertz CT molecular complexity index is 600. The number of aliphatic hydroxyl groups is 1. The molecule has 0 aliphatic heterocycles. The highest BCUT2D eigenvalue weighted by molar-refractivity contribution is 5.97. The minimum absolute atomic E-state index is 0.0584. The summed E-state index contributed by atoms with van der Waals surface area (Å²) in [5, 5.41) is 18.4. The Hall–Kier alpha value is -1.88. The van der Waals surface area contributed by atoms with E-state index in [2.05, 4.69) is 0 Å². The maximum atomic E-state index is 12.3. The van der Waals surface area contributed by atoms with E-state index in [1.54, 1.807) is 19.9 Å². The zero-order chi connectivity index (χ0) is 17.0. The van der Waals surface area contributed by atoms with Crippen molar-refractivity contribution in [1.29, 1.82) is 0 Å². The molecular formula is C18H24O5. The van der Waals surface area contributed by atoms with Gasteiger partial charge in [-0.1, -0.05) is 19.3 Å². The Morgan fingerprint density at radius 1 is 1.22 bits per heavy atom. The lowest BCUT2D eigenvalue weighted by Gasteiger charge is -2.27. The highest BCUT2D eigenvalue weighted by Gasteiger charge is 2.28. The van der Waals surface area contributed by atoms with Crippen LogP contribution in [0.2, 0.25) is 0 Å². The molecule has 0 heterocycles. The van der Waals surface area contributed by atoms with Crippen LogP contribution in [0.25, 0.3) is 0 Å². The van der Waals surface area contributed by atoms with Crippen LogP contribution < -0.4 is 0 Å². The number of rotatable bonds is 5. The Morgan fingerprint density at radius 2 is 1.87 bits per heavy atom. The minimum Gasteiger partial charge on any atom is -0.478 e. The summed E-state index contributed by atoms with van der Waals surface area (Å²) in [6, 6.07) is 1.58. The molecule has 0 aromatic heterocycles. The third-order valence-electron chi connectivity index (χ3n) is 4.60. The lowest BCUT2D eigenvalue weighted by molar-refractivity contribution is 0.0431. The van der Waals surface area contributed by atoms with Gasteiger partial charge in [0.2, 0.25) is 0 Å². The van der Waals surface area contributed by atoms with E-state index in [-0.39, 0.29) is 19.1 Å². The average Bonchev–Trinajstić information content (AvgIpc) is 2.53. The quantitative estimate of drug-likeness (QED) is 0.814. The van der Waals surface area contributed by atoms with Gasteiger partial charge in [-0.25, -0.2) is 9.59 Å². The molecule has 0 radical (unpaired) electrons. The van der Waals surface area contributed by atoms with Gasteiger partial charge >= 0.3 is 11.9 Å². The smallest absolute Gasteiger partial charge is 0.338 e. The SMILES string of the molecule is Cc1cc(C(=O)O)c(C2CCCCC2)c(C)c1C(=O)OCCO. The molecule has 126 valence electrons. The van der Waals surface area contributed by atoms with Crippen LogP contribution in [0.15, 0.2) is 6.07 Å². The molecule has 0 amide bonds. The number of benzene rings is 1. The van der Waals surface area contributed by atoms with E-state index >= 15 is 0 Å². The van der Waals surface area contributed by atoms with E-state index in [1.807, 2.05) is 0 Å². The first-order valence-corrected chi connectivity index (χ1v) is 8.12. The van der Waals surface area contributed by atoms with Crippen molar-refractivity contribution in [3.8, 4) is 0 Å². The highest BCUT2D eigenvalue weighted by Crippen LogP contribution is 2.38. The van der Waals surface area contributed by atoms with Gasteiger partial charge in [-0.05, 0) is 55.4 Å². The summed E-state index contributed by atoms with van der Waals surface area (Å²) in [4.78, 5) is 24.0. The third-order valence-corrected chi connectivity index (χ3v) is 4.60. The monoisotopic (exact) mass is 320 g/mol. The van der Waals surface area contributed by atoms with Crippen LogP contribution in [-0.2, 0) is 4.74 Å². The largest absolute Gasteiger partial charge is 0.478 e. The molecule has 1 fully saturated rings. The molecule has 2 rings (SSSR count). The number of carboxylic acids is 1. The van der Waals surface area contributed by atoms with Crippen molar-refractivity contribution < 1.29 is 24.5 Å². The van der Waals surface area contributed by atoms with Gasteiger partial charge in [0.15, 0.2) is 0 Å². The van der Waals surface area contributed by atoms with Gasteiger partial charge in [0, 0.05) is 0 Å². The second kappa shape index (κ2) is 7.59. The first-order valence-electron chi connectivity index (χ1n) is 8.12. The number of carbonyl (C=O) groups is 2. The number of aliphatic hydroxyl groups excluding tert-OH is 1. The number of hydrogen-bond donors (Lipinski definition) is 2. The highest BCUT2D eigenvalue weighted by atomic mass is 16.5. The normalized spacial score (nSPS) is 15.4. The van der Waals surface area contributed by atoms with E-state index in [4.69, 9.17) is 9.84 Å². The summed E-state index contributed by atoms with van der Waals surface area (Å²) in [5.74, 6) is -1.27. The summed E-state index contributed by atoms with van der Waals surface area (Å²) >= 11 is 0. The van der Waals surface area contributed by atoms with Crippen molar-refractivity contribution in [3.63, 3.8) is 0 Å². The minimum atomic E-state index is -0.952. The van der Waals surface area contributed by atoms with Gasteiger partial charge in [0.05, 0.1) is 17.7 Å². The maximum absolute atomic E-state index is 12.3. The molecule has 0 bridgehead atoms. The number of esters is 1. The molecule has 0 saturated heterocycles. The number of carboxylic acid groups (broad SMARTS) is 1. The van der Waals surface area contributed by atoms with Gasteiger partial charge in [-0.2, -0.15) is 0 Å². The zero-order valence-electron chi connectivity index (χ0n) is 13.7. The number of carbonyl (C=O) groups excluding carboxylic acids is 1. The van der Waals surface area contributed by atoms with Crippen LogP contribution in [0.1, 0.15) is 75.4 Å². The van der Waals surface area contributed by atoms with Crippen LogP contribution in [0.5, 0.6) is 0 Å². The lowest BCUT2D eigenvalue weighted by atomic mass is 9.78. The van der Waals surface area contributed by atoms with Gasteiger partial charge < -0.3 is 14.9 Å². The van der Waals surface area contributed by atoms with Crippen LogP contribution in [-0.4, -0.2) is 35.4 Å². The third kappa shape index (κ3) is 3.72. The van der Waals surface area contributed by atoms with E-state index in [0.717, 1.165) is 31.2 Å². The Morgan fingerprint density at radius 3 is 2.43 bits per heavy atom. The van der Waals surface area contributed by atoms with Gasteiger partial charge in [0.1, 0.15) is 6.61 Å². The van der Waals surface area contributed by atoms with Crippen molar-refractivity contribution in [2.45, 2.75) is 51.9 Å². The van der Waals surface area contributed by atoms with Crippen LogP contribution in [0, 0.1) is 13.8 Å². The van der Waals surface area contributed by atoms with Crippen LogP contribution in [0.4, 0.5) is 0 Å². The number of aryl methyl sites for hydroxylation is 1. The second-order valence-electron chi connectivity index (χ2n) is 6.15. The Labute approximate surface area is 136 Å². The van der Waals surface area contributed by atoms with Gasteiger partial charge in [-0.15, -0.1) is 0 Å². The predicted octanol–water partition coefficient (Wildman–Crippen LogP) is 3.20. The second-order valence-corrected chi connectivity index (χ2v) is 6.15. The van der Waals surface area contributed by atoms with E-state index in [1.165, 1.54) is 6.42 Å². The summed E-state index contributed by atoms with van der Waals surface area (Å²) in [7, 11) is 0. The average molecular weight is 320 g/mol. The number of ether oxygens (including phenoxy) is 1. The Balaban J connectivity index is 2.52. The molecule has 5 heteroatoms. The molecule has 1 aliphatic carbocycles. The molecule has 1 saturated carbocycles.